The lowest BCUT2D eigenvalue weighted by Crippen LogP contribution is -2.36. The van der Waals surface area contributed by atoms with Crippen molar-refractivity contribution in [3.8, 4) is 0 Å². The lowest BCUT2D eigenvalue weighted by molar-refractivity contribution is -0.0821. The highest BCUT2D eigenvalue weighted by atomic mass is 32.2. The molecular formula is C20H27N5O3S. The molecule has 8 nitrogen and oxygen atoms in total. The molecule has 1 saturated carbocycles. The summed E-state index contributed by atoms with van der Waals surface area (Å²) >= 11 is 0. The Labute approximate surface area is 170 Å². The second kappa shape index (κ2) is 6.70. The Bertz CT molecular complexity index is 1090. The Morgan fingerprint density at radius 2 is 2.10 bits per heavy atom. The van der Waals surface area contributed by atoms with E-state index in [1.165, 1.54) is 6.42 Å². The van der Waals surface area contributed by atoms with E-state index in [0.29, 0.717) is 12.8 Å². The van der Waals surface area contributed by atoms with Crippen LogP contribution in [0.25, 0.3) is 16.7 Å². The molecule has 3 aliphatic rings. The average molecular weight is 418 g/mol. The summed E-state index contributed by atoms with van der Waals surface area (Å²) in [5, 5.41) is 9.31. The molecule has 1 aliphatic carbocycles. The lowest BCUT2D eigenvalue weighted by Gasteiger charge is -2.33. The number of hydrogen-bond donors (Lipinski definition) is 2. The second-order valence-electron chi connectivity index (χ2n) is 8.40. The van der Waals surface area contributed by atoms with E-state index >= 15 is 0 Å². The van der Waals surface area contributed by atoms with Crippen LogP contribution in [0.2, 0.25) is 0 Å². The Morgan fingerprint density at radius 3 is 2.72 bits per heavy atom. The van der Waals surface area contributed by atoms with Gasteiger partial charge in [0.2, 0.25) is 0 Å². The molecule has 0 atom stereocenters. The molecule has 9 heteroatoms. The molecule has 2 N–H and O–H groups in total. The van der Waals surface area contributed by atoms with Crippen molar-refractivity contribution in [1.82, 2.24) is 20.2 Å². The van der Waals surface area contributed by atoms with Crippen molar-refractivity contribution in [2.45, 2.75) is 64.1 Å². The van der Waals surface area contributed by atoms with Crippen LogP contribution in [-0.4, -0.2) is 46.3 Å². The first kappa shape index (κ1) is 18.9. The molecule has 0 amide bonds. The summed E-state index contributed by atoms with van der Waals surface area (Å²) < 4.78 is 25.6. The van der Waals surface area contributed by atoms with Gasteiger partial charge in [-0.25, -0.2) is 18.1 Å². The highest BCUT2D eigenvalue weighted by molar-refractivity contribution is 7.91. The Hall–Kier alpha value is -2.13. The topological polar surface area (TPSA) is 98.1 Å². The van der Waals surface area contributed by atoms with Crippen molar-refractivity contribution in [3.05, 3.63) is 23.5 Å². The molecule has 0 aromatic carbocycles. The van der Waals surface area contributed by atoms with E-state index in [9.17, 15) is 8.42 Å². The fraction of sp³-hybridized carbons (Fsp3) is 0.600. The van der Waals surface area contributed by atoms with Gasteiger partial charge in [0.25, 0.3) is 0 Å². The standard InChI is InChI=1S/C20H27N5O3S/c1-3-25-19-17(13(2)23-25)18(22-14-5-9-29(26,27)10-6-14)15(12-21-19)16-11-20(28-24-16)7-4-8-20/h11-12,14,24H,3-10H2,1-2H3,(H,21,22). The fourth-order valence-corrected chi connectivity index (χ4v) is 6.01. The molecule has 2 aromatic heterocycles. The van der Waals surface area contributed by atoms with Gasteiger partial charge in [-0.1, -0.05) is 0 Å². The molecule has 1 spiro atoms. The van der Waals surface area contributed by atoms with Crippen LogP contribution in [0.1, 0.15) is 50.3 Å². The lowest BCUT2D eigenvalue weighted by atomic mass is 9.80. The molecule has 2 fully saturated rings. The normalized spacial score (nSPS) is 23.0. The van der Waals surface area contributed by atoms with E-state index in [1.54, 1.807) is 0 Å². The van der Waals surface area contributed by atoms with Gasteiger partial charge in [-0.05, 0) is 52.0 Å². The Kier molecular flexibility index (Phi) is 4.36. The quantitative estimate of drug-likeness (QED) is 0.789. The van der Waals surface area contributed by atoms with Crippen molar-refractivity contribution in [2.75, 3.05) is 16.8 Å². The molecule has 0 radical (unpaired) electrons. The summed E-state index contributed by atoms with van der Waals surface area (Å²) in [7, 11) is -2.91. The summed E-state index contributed by atoms with van der Waals surface area (Å²) in [6, 6.07) is 0.104. The second-order valence-corrected chi connectivity index (χ2v) is 10.7. The van der Waals surface area contributed by atoms with Gasteiger partial charge in [-0.2, -0.15) is 5.10 Å². The summed E-state index contributed by atoms with van der Waals surface area (Å²) in [4.78, 5) is 10.6. The number of aryl methyl sites for hydroxylation is 2. The minimum absolute atomic E-state index is 0.104. The van der Waals surface area contributed by atoms with Crippen LogP contribution in [-0.2, 0) is 21.2 Å². The number of anilines is 1. The molecule has 0 unspecified atom stereocenters. The number of sulfone groups is 1. The first-order valence-corrected chi connectivity index (χ1v) is 12.2. The van der Waals surface area contributed by atoms with Gasteiger partial charge in [-0.3, -0.25) is 10.3 Å². The molecule has 0 bridgehead atoms. The van der Waals surface area contributed by atoms with E-state index in [2.05, 4.69) is 28.9 Å². The van der Waals surface area contributed by atoms with Gasteiger partial charge in [0.1, 0.15) is 15.4 Å². The first-order valence-electron chi connectivity index (χ1n) is 10.4. The van der Waals surface area contributed by atoms with Crippen LogP contribution in [0.15, 0.2) is 12.3 Å². The molecule has 2 aromatic rings. The average Bonchev–Trinajstić information content (AvgIpc) is 3.26. The SMILES string of the molecule is CCn1nc(C)c2c(NC3CCS(=O)(=O)CC3)c(C3=CC4(CCC4)ON3)cnc21. The van der Waals surface area contributed by atoms with Crippen LogP contribution < -0.4 is 10.8 Å². The summed E-state index contributed by atoms with van der Waals surface area (Å²) in [6.45, 7) is 4.79. The monoisotopic (exact) mass is 417 g/mol. The molecule has 156 valence electrons. The number of nitrogens with zero attached hydrogens (tertiary/aromatic N) is 3. The third kappa shape index (κ3) is 3.20. The minimum Gasteiger partial charge on any atom is -0.381 e. The third-order valence-electron chi connectivity index (χ3n) is 6.40. The van der Waals surface area contributed by atoms with Crippen molar-refractivity contribution < 1.29 is 13.3 Å². The number of pyridine rings is 1. The minimum atomic E-state index is -2.91. The maximum absolute atomic E-state index is 11.9. The van der Waals surface area contributed by atoms with Gasteiger partial charge in [-0.15, -0.1) is 0 Å². The van der Waals surface area contributed by atoms with E-state index in [4.69, 9.17) is 9.82 Å². The summed E-state index contributed by atoms with van der Waals surface area (Å²) in [5.74, 6) is 0.462. The van der Waals surface area contributed by atoms with Crippen LogP contribution >= 0.6 is 0 Å². The third-order valence-corrected chi connectivity index (χ3v) is 8.12. The summed E-state index contributed by atoms with van der Waals surface area (Å²) in [6.07, 6.45) is 8.49. The number of hydrogen-bond acceptors (Lipinski definition) is 7. The summed E-state index contributed by atoms with van der Waals surface area (Å²) in [5.41, 5.74) is 7.53. The predicted octanol–water partition coefficient (Wildman–Crippen LogP) is 2.55. The fourth-order valence-electron chi connectivity index (χ4n) is 4.51. The van der Waals surface area contributed by atoms with Crippen LogP contribution in [0.4, 0.5) is 5.69 Å². The van der Waals surface area contributed by atoms with Crippen molar-refractivity contribution in [3.63, 3.8) is 0 Å². The molecule has 4 heterocycles. The smallest absolute Gasteiger partial charge is 0.160 e. The first-order chi connectivity index (χ1) is 13.9. The van der Waals surface area contributed by atoms with Crippen LogP contribution in [0.3, 0.4) is 0 Å². The van der Waals surface area contributed by atoms with E-state index in [-0.39, 0.29) is 23.1 Å². The number of rotatable bonds is 4. The number of aromatic nitrogens is 3. The van der Waals surface area contributed by atoms with E-state index in [0.717, 1.165) is 53.1 Å². The van der Waals surface area contributed by atoms with Gasteiger partial charge in [0.05, 0.1) is 34.0 Å². The maximum atomic E-state index is 11.9. The Balaban J connectivity index is 1.58. The zero-order chi connectivity index (χ0) is 20.2. The number of nitrogens with one attached hydrogen (secondary N) is 2. The molecule has 29 heavy (non-hydrogen) atoms. The number of hydroxylamine groups is 1. The zero-order valence-electron chi connectivity index (χ0n) is 16.9. The van der Waals surface area contributed by atoms with Gasteiger partial charge < -0.3 is 5.32 Å². The molecule has 1 saturated heterocycles. The van der Waals surface area contributed by atoms with Gasteiger partial charge in [0, 0.05) is 24.3 Å². The van der Waals surface area contributed by atoms with Gasteiger partial charge >= 0.3 is 0 Å². The Morgan fingerprint density at radius 1 is 1.34 bits per heavy atom. The van der Waals surface area contributed by atoms with Crippen molar-refractivity contribution in [2.24, 2.45) is 0 Å². The highest BCUT2D eigenvalue weighted by Gasteiger charge is 2.42. The van der Waals surface area contributed by atoms with Crippen molar-refractivity contribution >= 4 is 32.3 Å². The molecule has 5 rings (SSSR count). The van der Waals surface area contributed by atoms with Crippen LogP contribution in [0, 0.1) is 6.92 Å². The number of fused-ring (bicyclic) bond motifs is 1. The zero-order valence-corrected chi connectivity index (χ0v) is 17.7. The van der Waals surface area contributed by atoms with Crippen molar-refractivity contribution in [1.29, 1.82) is 0 Å². The van der Waals surface area contributed by atoms with Gasteiger partial charge in [0.15, 0.2) is 5.65 Å². The van der Waals surface area contributed by atoms with Crippen LogP contribution in [0.5, 0.6) is 0 Å². The van der Waals surface area contributed by atoms with E-state index < -0.39 is 9.84 Å². The molecule has 2 aliphatic heterocycles. The maximum Gasteiger partial charge on any atom is 0.160 e. The predicted molar refractivity (Wildman–Crippen MR) is 112 cm³/mol. The highest BCUT2D eigenvalue weighted by Crippen LogP contribution is 2.43. The molecular weight excluding hydrogens is 390 g/mol. The van der Waals surface area contributed by atoms with E-state index in [1.807, 2.05) is 17.8 Å². The largest absolute Gasteiger partial charge is 0.381 e.